The van der Waals surface area contributed by atoms with Crippen LogP contribution in [0.2, 0.25) is 10.0 Å². The van der Waals surface area contributed by atoms with Crippen molar-refractivity contribution in [2.45, 2.75) is 10.9 Å². The second-order valence-electron chi connectivity index (χ2n) is 6.18. The summed E-state index contributed by atoms with van der Waals surface area (Å²) in [6.07, 6.45) is 0. The van der Waals surface area contributed by atoms with Crippen LogP contribution in [-0.4, -0.2) is 19.8 Å². The lowest BCUT2D eigenvalue weighted by molar-refractivity contribution is 0.367. The van der Waals surface area contributed by atoms with E-state index >= 15 is 0 Å². The Bertz CT molecular complexity index is 1090. The molecule has 0 aromatic heterocycles. The quantitative estimate of drug-likeness (QED) is 0.562. The fraction of sp³-hybridized carbons (Fsp3) is 0.100. The Morgan fingerprint density at radius 1 is 0.852 bits per heavy atom. The standard InChI is InChI=1S/C20H15Cl2NO3S/c1-23(27(24,25)13-10-11-16(21)17(22)12-13)20-14-6-2-4-8-18(14)26-19-9-5-3-7-15(19)20/h2-12,20H,1H3. The minimum Gasteiger partial charge on any atom is -0.457 e. The molecule has 4 rings (SSSR count). The molecule has 0 aliphatic carbocycles. The Balaban J connectivity index is 1.86. The fourth-order valence-electron chi connectivity index (χ4n) is 3.22. The van der Waals surface area contributed by atoms with Crippen LogP contribution >= 0.6 is 23.2 Å². The number of benzene rings is 3. The maximum atomic E-state index is 13.3. The van der Waals surface area contributed by atoms with Gasteiger partial charge in [0, 0.05) is 18.2 Å². The Labute approximate surface area is 168 Å². The van der Waals surface area contributed by atoms with Crippen molar-refractivity contribution in [1.29, 1.82) is 0 Å². The monoisotopic (exact) mass is 419 g/mol. The number of rotatable bonds is 3. The molecule has 0 atom stereocenters. The summed E-state index contributed by atoms with van der Waals surface area (Å²) in [6, 6.07) is 18.6. The third kappa shape index (κ3) is 3.11. The van der Waals surface area contributed by atoms with Crippen molar-refractivity contribution < 1.29 is 13.2 Å². The molecule has 138 valence electrons. The second kappa shape index (κ2) is 6.84. The maximum absolute atomic E-state index is 13.3. The molecule has 0 N–H and O–H groups in total. The molecule has 0 radical (unpaired) electrons. The topological polar surface area (TPSA) is 46.6 Å². The van der Waals surface area contributed by atoms with Gasteiger partial charge in [0.15, 0.2) is 0 Å². The number of hydrogen-bond donors (Lipinski definition) is 0. The summed E-state index contributed by atoms with van der Waals surface area (Å²) in [5.74, 6) is 1.27. The van der Waals surface area contributed by atoms with E-state index in [2.05, 4.69) is 0 Å². The van der Waals surface area contributed by atoms with Gasteiger partial charge in [0.05, 0.1) is 21.0 Å². The zero-order valence-electron chi connectivity index (χ0n) is 14.3. The van der Waals surface area contributed by atoms with Crippen molar-refractivity contribution in [2.75, 3.05) is 7.05 Å². The van der Waals surface area contributed by atoms with E-state index in [1.165, 1.54) is 22.5 Å². The Morgan fingerprint density at radius 3 is 1.96 bits per heavy atom. The van der Waals surface area contributed by atoms with Gasteiger partial charge in [0.2, 0.25) is 10.0 Å². The van der Waals surface area contributed by atoms with E-state index in [4.69, 9.17) is 27.9 Å². The van der Waals surface area contributed by atoms with Gasteiger partial charge in [0.1, 0.15) is 11.5 Å². The van der Waals surface area contributed by atoms with Crippen molar-refractivity contribution in [3.05, 3.63) is 87.9 Å². The molecule has 3 aromatic rings. The number of para-hydroxylation sites is 2. The highest BCUT2D eigenvalue weighted by molar-refractivity contribution is 7.89. The van der Waals surface area contributed by atoms with Gasteiger partial charge in [-0.15, -0.1) is 0 Å². The van der Waals surface area contributed by atoms with E-state index in [-0.39, 0.29) is 9.92 Å². The zero-order chi connectivity index (χ0) is 19.2. The predicted octanol–water partition coefficient (Wildman–Crippen LogP) is 5.51. The molecule has 0 saturated heterocycles. The van der Waals surface area contributed by atoms with Crippen LogP contribution in [0.1, 0.15) is 17.2 Å². The third-order valence-electron chi connectivity index (χ3n) is 4.58. The second-order valence-corrected chi connectivity index (χ2v) is 8.99. The average Bonchev–Trinajstić information content (AvgIpc) is 2.67. The molecular formula is C20H15Cl2NO3S. The maximum Gasteiger partial charge on any atom is 0.243 e. The lowest BCUT2D eigenvalue weighted by Gasteiger charge is -2.34. The van der Waals surface area contributed by atoms with Crippen LogP contribution in [0.25, 0.3) is 0 Å². The minimum absolute atomic E-state index is 0.0841. The minimum atomic E-state index is -3.83. The largest absolute Gasteiger partial charge is 0.457 e. The van der Waals surface area contributed by atoms with Crippen LogP contribution in [0.5, 0.6) is 11.5 Å². The van der Waals surface area contributed by atoms with Crippen LogP contribution < -0.4 is 4.74 Å². The Morgan fingerprint density at radius 2 is 1.41 bits per heavy atom. The molecule has 0 amide bonds. The van der Waals surface area contributed by atoms with Crippen LogP contribution in [0.3, 0.4) is 0 Å². The number of ether oxygens (including phenoxy) is 1. The van der Waals surface area contributed by atoms with E-state index < -0.39 is 16.1 Å². The molecule has 3 aromatic carbocycles. The smallest absolute Gasteiger partial charge is 0.243 e. The number of halogens is 2. The summed E-state index contributed by atoms with van der Waals surface area (Å²) in [6.45, 7) is 0. The molecule has 7 heteroatoms. The molecule has 27 heavy (non-hydrogen) atoms. The first-order valence-corrected chi connectivity index (χ1v) is 10.4. The summed E-state index contributed by atoms with van der Waals surface area (Å²) in [7, 11) is -2.27. The third-order valence-corrected chi connectivity index (χ3v) is 7.14. The lowest BCUT2D eigenvalue weighted by atomic mass is 9.95. The number of sulfonamides is 1. The highest BCUT2D eigenvalue weighted by atomic mass is 35.5. The molecule has 4 nitrogen and oxygen atoms in total. The number of nitrogens with zero attached hydrogens (tertiary/aromatic N) is 1. The normalized spacial score (nSPS) is 13.8. The molecule has 0 saturated carbocycles. The van der Waals surface area contributed by atoms with E-state index in [0.29, 0.717) is 16.5 Å². The molecule has 0 bridgehead atoms. The van der Waals surface area contributed by atoms with Gasteiger partial charge >= 0.3 is 0 Å². The molecule has 0 unspecified atom stereocenters. The van der Waals surface area contributed by atoms with Crippen LogP contribution in [0.15, 0.2) is 71.6 Å². The van der Waals surface area contributed by atoms with Crippen LogP contribution in [-0.2, 0) is 10.0 Å². The van der Waals surface area contributed by atoms with Gasteiger partial charge in [-0.2, -0.15) is 4.31 Å². The van der Waals surface area contributed by atoms with E-state index in [9.17, 15) is 8.42 Å². The molecule has 1 aliphatic heterocycles. The predicted molar refractivity (Wildman–Crippen MR) is 106 cm³/mol. The highest BCUT2D eigenvalue weighted by Crippen LogP contribution is 2.46. The fourth-order valence-corrected chi connectivity index (χ4v) is 4.93. The summed E-state index contributed by atoms with van der Waals surface area (Å²) in [4.78, 5) is 0.0841. The highest BCUT2D eigenvalue weighted by Gasteiger charge is 2.36. The van der Waals surface area contributed by atoms with E-state index in [1.807, 2.05) is 48.5 Å². The molecule has 0 spiro atoms. The van der Waals surface area contributed by atoms with Gasteiger partial charge in [-0.25, -0.2) is 8.42 Å². The lowest BCUT2D eigenvalue weighted by Crippen LogP contribution is -2.33. The summed E-state index contributed by atoms with van der Waals surface area (Å²) in [5.41, 5.74) is 1.56. The first-order valence-electron chi connectivity index (χ1n) is 8.18. The van der Waals surface area contributed by atoms with E-state index in [1.54, 1.807) is 7.05 Å². The van der Waals surface area contributed by atoms with Crippen molar-refractivity contribution in [3.63, 3.8) is 0 Å². The first kappa shape index (κ1) is 18.3. The zero-order valence-corrected chi connectivity index (χ0v) is 16.6. The Hall–Kier alpha value is -2.05. The van der Waals surface area contributed by atoms with E-state index in [0.717, 1.165) is 11.1 Å². The van der Waals surface area contributed by atoms with Gasteiger partial charge in [0.25, 0.3) is 0 Å². The summed E-state index contributed by atoms with van der Waals surface area (Å²) >= 11 is 12.0. The Kier molecular flexibility index (Phi) is 4.64. The van der Waals surface area contributed by atoms with Gasteiger partial charge in [-0.1, -0.05) is 59.6 Å². The summed E-state index contributed by atoms with van der Waals surface area (Å²) in [5, 5.41) is 0.499. The van der Waals surface area contributed by atoms with Crippen LogP contribution in [0.4, 0.5) is 0 Å². The van der Waals surface area contributed by atoms with Gasteiger partial charge in [-0.05, 0) is 30.3 Å². The molecule has 1 aliphatic rings. The van der Waals surface area contributed by atoms with Crippen molar-refractivity contribution in [1.82, 2.24) is 4.31 Å². The first-order chi connectivity index (χ1) is 12.9. The van der Waals surface area contributed by atoms with Gasteiger partial charge < -0.3 is 4.74 Å². The SMILES string of the molecule is CN(C1c2ccccc2Oc2ccccc21)S(=O)(=O)c1ccc(Cl)c(Cl)c1. The van der Waals surface area contributed by atoms with Crippen molar-refractivity contribution in [3.8, 4) is 11.5 Å². The van der Waals surface area contributed by atoms with Gasteiger partial charge in [-0.3, -0.25) is 0 Å². The molecule has 1 heterocycles. The summed E-state index contributed by atoms with van der Waals surface area (Å²) < 4.78 is 33.9. The molecule has 0 fully saturated rings. The van der Waals surface area contributed by atoms with Crippen molar-refractivity contribution in [2.24, 2.45) is 0 Å². The average molecular weight is 420 g/mol. The van der Waals surface area contributed by atoms with Crippen molar-refractivity contribution >= 4 is 33.2 Å². The number of fused-ring (bicyclic) bond motifs is 2. The number of hydrogen-bond acceptors (Lipinski definition) is 3. The molecular weight excluding hydrogens is 405 g/mol. The van der Waals surface area contributed by atoms with Crippen LogP contribution in [0, 0.1) is 0 Å².